The summed E-state index contributed by atoms with van der Waals surface area (Å²) >= 11 is 1.48. The maximum absolute atomic E-state index is 12.7. The lowest BCUT2D eigenvalue weighted by Crippen LogP contribution is -2.34. The summed E-state index contributed by atoms with van der Waals surface area (Å²) in [6.07, 6.45) is 1.73. The third kappa shape index (κ3) is 5.20. The lowest BCUT2D eigenvalue weighted by atomic mass is 10.2. The monoisotopic (exact) mass is 283 g/mol. The van der Waals surface area contributed by atoms with Crippen molar-refractivity contribution in [2.75, 3.05) is 12.3 Å². The fourth-order valence-electron chi connectivity index (χ4n) is 1.76. The molecule has 0 aromatic heterocycles. The van der Waals surface area contributed by atoms with E-state index in [-0.39, 0.29) is 11.7 Å². The number of carbonyl (C=O) groups is 1. The van der Waals surface area contributed by atoms with Gasteiger partial charge in [0.25, 0.3) is 0 Å². The summed E-state index contributed by atoms with van der Waals surface area (Å²) in [5.74, 6) is 1.10. The zero-order valence-electron chi connectivity index (χ0n) is 10.6. The van der Waals surface area contributed by atoms with Crippen molar-refractivity contribution in [1.82, 2.24) is 5.32 Å². The van der Waals surface area contributed by atoms with Crippen LogP contribution in [0, 0.1) is 11.7 Å². The van der Waals surface area contributed by atoms with Gasteiger partial charge in [0.2, 0.25) is 5.91 Å². The highest BCUT2D eigenvalue weighted by atomic mass is 32.2. The Morgan fingerprint density at radius 3 is 2.74 bits per heavy atom. The summed E-state index contributed by atoms with van der Waals surface area (Å²) in [6.45, 7) is 0.348. The van der Waals surface area contributed by atoms with E-state index < -0.39 is 6.10 Å². The fourth-order valence-corrected chi connectivity index (χ4v) is 2.58. The van der Waals surface area contributed by atoms with Gasteiger partial charge in [0.1, 0.15) is 5.82 Å². The molecule has 19 heavy (non-hydrogen) atoms. The minimum absolute atomic E-state index is 0.0631. The van der Waals surface area contributed by atoms with E-state index in [1.807, 2.05) is 0 Å². The summed E-state index contributed by atoms with van der Waals surface area (Å²) in [6, 6.07) is 6.28. The van der Waals surface area contributed by atoms with Crippen LogP contribution in [0.3, 0.4) is 0 Å². The molecule has 0 spiro atoms. The zero-order chi connectivity index (χ0) is 13.7. The quantitative estimate of drug-likeness (QED) is 0.804. The second-order valence-corrected chi connectivity index (χ2v) is 5.81. The third-order valence-corrected chi connectivity index (χ3v) is 4.09. The minimum Gasteiger partial charge on any atom is -0.391 e. The standard InChI is InChI=1S/C14H18FNO2S/c15-12-5-1-10(2-6-12)8-19-9-14(18)16-7-13(17)11-3-4-11/h1-2,5-6,11,13,17H,3-4,7-9H2,(H,16,18). The molecule has 0 radical (unpaired) electrons. The van der Waals surface area contributed by atoms with Crippen molar-refractivity contribution in [3.63, 3.8) is 0 Å². The Balaban J connectivity index is 1.59. The molecule has 2 rings (SSSR count). The van der Waals surface area contributed by atoms with Crippen LogP contribution in [0.1, 0.15) is 18.4 Å². The van der Waals surface area contributed by atoms with Crippen LogP contribution < -0.4 is 5.32 Å². The van der Waals surface area contributed by atoms with Gasteiger partial charge >= 0.3 is 0 Å². The number of hydrogen-bond acceptors (Lipinski definition) is 3. The highest BCUT2D eigenvalue weighted by Crippen LogP contribution is 2.32. The molecule has 1 aliphatic carbocycles. The van der Waals surface area contributed by atoms with Gasteiger partial charge in [-0.3, -0.25) is 4.79 Å². The van der Waals surface area contributed by atoms with E-state index in [9.17, 15) is 14.3 Å². The van der Waals surface area contributed by atoms with Gasteiger partial charge in [-0.1, -0.05) is 12.1 Å². The molecule has 1 atom stereocenters. The molecule has 5 heteroatoms. The lowest BCUT2D eigenvalue weighted by Gasteiger charge is -2.10. The highest BCUT2D eigenvalue weighted by molar-refractivity contribution is 7.99. The molecule has 2 N–H and O–H groups in total. The molecule has 1 fully saturated rings. The molecule has 1 amide bonds. The molecular formula is C14H18FNO2S. The summed E-state index contributed by atoms with van der Waals surface area (Å²) in [4.78, 5) is 11.5. The van der Waals surface area contributed by atoms with Crippen molar-refractivity contribution in [2.45, 2.75) is 24.7 Å². The molecule has 1 aromatic carbocycles. The van der Waals surface area contributed by atoms with Crippen LogP contribution in [0.4, 0.5) is 4.39 Å². The largest absolute Gasteiger partial charge is 0.391 e. The van der Waals surface area contributed by atoms with Gasteiger partial charge < -0.3 is 10.4 Å². The van der Waals surface area contributed by atoms with Crippen LogP contribution in [-0.2, 0) is 10.5 Å². The number of carbonyl (C=O) groups excluding carboxylic acids is 1. The molecule has 0 aliphatic heterocycles. The number of thioether (sulfide) groups is 1. The zero-order valence-corrected chi connectivity index (χ0v) is 11.5. The van der Waals surface area contributed by atoms with Gasteiger partial charge in [-0.05, 0) is 36.5 Å². The van der Waals surface area contributed by atoms with Crippen LogP contribution in [0.25, 0.3) is 0 Å². The van der Waals surface area contributed by atoms with E-state index in [4.69, 9.17) is 0 Å². The third-order valence-electron chi connectivity index (χ3n) is 3.09. The van der Waals surface area contributed by atoms with E-state index in [2.05, 4.69) is 5.32 Å². The first-order valence-electron chi connectivity index (χ1n) is 6.42. The average Bonchev–Trinajstić information content (AvgIpc) is 3.23. The van der Waals surface area contributed by atoms with E-state index in [1.54, 1.807) is 12.1 Å². The van der Waals surface area contributed by atoms with Crippen LogP contribution in [0.2, 0.25) is 0 Å². The Morgan fingerprint density at radius 1 is 1.42 bits per heavy atom. The lowest BCUT2D eigenvalue weighted by molar-refractivity contribution is -0.119. The molecule has 1 saturated carbocycles. The summed E-state index contributed by atoms with van der Waals surface area (Å²) in [5.41, 5.74) is 0.997. The second kappa shape index (κ2) is 6.91. The molecule has 0 saturated heterocycles. The van der Waals surface area contributed by atoms with Crippen molar-refractivity contribution in [3.8, 4) is 0 Å². The Hall–Kier alpha value is -1.07. The van der Waals surface area contributed by atoms with Crippen molar-refractivity contribution in [3.05, 3.63) is 35.6 Å². The number of aliphatic hydroxyl groups excluding tert-OH is 1. The van der Waals surface area contributed by atoms with Crippen molar-refractivity contribution in [1.29, 1.82) is 0 Å². The molecule has 1 aliphatic rings. The summed E-state index contributed by atoms with van der Waals surface area (Å²) < 4.78 is 12.7. The first-order chi connectivity index (χ1) is 9.15. The van der Waals surface area contributed by atoms with Gasteiger partial charge in [0.05, 0.1) is 11.9 Å². The second-order valence-electron chi connectivity index (χ2n) is 4.83. The Morgan fingerprint density at radius 2 is 2.11 bits per heavy atom. The van der Waals surface area contributed by atoms with Gasteiger partial charge in [-0.2, -0.15) is 0 Å². The van der Waals surface area contributed by atoms with Crippen LogP contribution >= 0.6 is 11.8 Å². The first-order valence-corrected chi connectivity index (χ1v) is 7.57. The van der Waals surface area contributed by atoms with E-state index >= 15 is 0 Å². The smallest absolute Gasteiger partial charge is 0.230 e. The number of hydrogen-bond donors (Lipinski definition) is 2. The van der Waals surface area contributed by atoms with Crippen LogP contribution in [-0.4, -0.2) is 29.4 Å². The maximum Gasteiger partial charge on any atom is 0.230 e. The predicted molar refractivity (Wildman–Crippen MR) is 74.3 cm³/mol. The van der Waals surface area contributed by atoms with Gasteiger partial charge in [0.15, 0.2) is 0 Å². The number of aliphatic hydroxyl groups is 1. The molecule has 1 aromatic rings. The minimum atomic E-state index is -0.397. The van der Waals surface area contributed by atoms with E-state index in [0.29, 0.717) is 24.0 Å². The summed E-state index contributed by atoms with van der Waals surface area (Å²) in [7, 11) is 0. The van der Waals surface area contributed by atoms with Gasteiger partial charge in [-0.25, -0.2) is 4.39 Å². The number of rotatable bonds is 7. The predicted octanol–water partition coefficient (Wildman–Crippen LogP) is 1.95. The molecule has 0 bridgehead atoms. The van der Waals surface area contributed by atoms with Crippen molar-refractivity contribution < 1.29 is 14.3 Å². The summed E-state index contributed by atoms with van der Waals surface area (Å²) in [5, 5.41) is 12.3. The Labute approximate surface area is 116 Å². The molecule has 3 nitrogen and oxygen atoms in total. The number of benzene rings is 1. The molecule has 1 unspecified atom stereocenters. The van der Waals surface area contributed by atoms with Gasteiger partial charge in [0, 0.05) is 12.3 Å². The van der Waals surface area contributed by atoms with Crippen molar-refractivity contribution in [2.24, 2.45) is 5.92 Å². The maximum atomic E-state index is 12.7. The molecule has 0 heterocycles. The SMILES string of the molecule is O=C(CSCc1ccc(F)cc1)NCC(O)C1CC1. The van der Waals surface area contributed by atoms with Gasteiger partial charge in [-0.15, -0.1) is 11.8 Å². The number of nitrogens with one attached hydrogen (secondary N) is 1. The van der Waals surface area contributed by atoms with E-state index in [1.165, 1.54) is 23.9 Å². The van der Waals surface area contributed by atoms with E-state index in [0.717, 1.165) is 18.4 Å². The number of halogens is 1. The normalized spacial score (nSPS) is 16.1. The Kier molecular flexibility index (Phi) is 5.22. The average molecular weight is 283 g/mol. The van der Waals surface area contributed by atoms with Crippen LogP contribution in [0.15, 0.2) is 24.3 Å². The van der Waals surface area contributed by atoms with Crippen LogP contribution in [0.5, 0.6) is 0 Å². The van der Waals surface area contributed by atoms with Crippen molar-refractivity contribution >= 4 is 17.7 Å². The molecular weight excluding hydrogens is 265 g/mol. The highest BCUT2D eigenvalue weighted by Gasteiger charge is 2.29. The number of amides is 1. The fraction of sp³-hybridized carbons (Fsp3) is 0.500. The topological polar surface area (TPSA) is 49.3 Å². The Bertz CT molecular complexity index is 420. The first kappa shape index (κ1) is 14.3. The molecule has 104 valence electrons.